The smallest absolute Gasteiger partial charge is 0.126 e. The van der Waals surface area contributed by atoms with E-state index in [0.717, 1.165) is 24.3 Å². The molecule has 0 aliphatic rings. The second-order valence-corrected chi connectivity index (χ2v) is 3.36. The van der Waals surface area contributed by atoms with Crippen molar-refractivity contribution in [3.05, 3.63) is 35.4 Å². The Balaban J connectivity index is 2.83. The first-order valence-electron chi connectivity index (χ1n) is 5.21. The largest absolute Gasteiger partial charge is 0.496 e. The predicted molar refractivity (Wildman–Crippen MR) is 65.3 cm³/mol. The Morgan fingerprint density at radius 2 is 2.31 bits per heavy atom. The molecule has 0 aliphatic carbocycles. The van der Waals surface area contributed by atoms with Gasteiger partial charge in [0, 0.05) is 5.56 Å². The van der Waals surface area contributed by atoms with Crippen molar-refractivity contribution >= 4 is 6.08 Å². The average Bonchev–Trinajstić information content (AvgIpc) is 2.34. The van der Waals surface area contributed by atoms with Gasteiger partial charge < -0.3 is 10.1 Å². The predicted octanol–water partition coefficient (Wildman–Crippen LogP) is 2.19. The molecule has 3 heteroatoms. The van der Waals surface area contributed by atoms with Gasteiger partial charge in [-0.25, -0.2) is 0 Å². The first-order valence-corrected chi connectivity index (χ1v) is 5.21. The maximum Gasteiger partial charge on any atom is 0.126 e. The number of benzene rings is 1. The fraction of sp³-hybridized carbons (Fsp3) is 0.308. The molecular weight excluding hydrogens is 200 g/mol. The van der Waals surface area contributed by atoms with Crippen LogP contribution in [-0.4, -0.2) is 20.7 Å². The lowest BCUT2D eigenvalue weighted by atomic mass is 10.1. The van der Waals surface area contributed by atoms with Crippen LogP contribution in [0.15, 0.2) is 24.3 Å². The van der Waals surface area contributed by atoms with Gasteiger partial charge in [0.15, 0.2) is 0 Å². The molecule has 0 fully saturated rings. The van der Waals surface area contributed by atoms with Gasteiger partial charge in [-0.05, 0) is 38.2 Å². The van der Waals surface area contributed by atoms with E-state index in [9.17, 15) is 0 Å². The quantitative estimate of drug-likeness (QED) is 0.767. The summed E-state index contributed by atoms with van der Waals surface area (Å²) in [5.74, 6) is 0.791. The first kappa shape index (κ1) is 12.3. The second-order valence-electron chi connectivity index (χ2n) is 3.36. The van der Waals surface area contributed by atoms with Crippen LogP contribution in [0.5, 0.6) is 5.75 Å². The number of ether oxygens (including phenoxy) is 1. The van der Waals surface area contributed by atoms with Gasteiger partial charge in [-0.3, -0.25) is 0 Å². The number of nitrogens with zero attached hydrogens (tertiary/aromatic N) is 1. The summed E-state index contributed by atoms with van der Waals surface area (Å²) in [6.07, 6.45) is 5.00. The van der Waals surface area contributed by atoms with Crippen LogP contribution in [0, 0.1) is 11.3 Å². The fourth-order valence-electron chi connectivity index (χ4n) is 1.37. The molecule has 0 bridgehead atoms. The van der Waals surface area contributed by atoms with Crippen molar-refractivity contribution in [1.29, 1.82) is 5.26 Å². The van der Waals surface area contributed by atoms with Crippen molar-refractivity contribution in [2.75, 3.05) is 20.7 Å². The minimum absolute atomic E-state index is 0.647. The molecule has 0 unspecified atom stereocenters. The summed E-state index contributed by atoms with van der Waals surface area (Å²) >= 11 is 0. The van der Waals surface area contributed by atoms with Crippen LogP contribution in [0.2, 0.25) is 0 Å². The molecule has 0 saturated heterocycles. The number of nitrogens with one attached hydrogen (secondary N) is 1. The topological polar surface area (TPSA) is 45.0 Å². The lowest BCUT2D eigenvalue weighted by Gasteiger charge is -2.04. The summed E-state index contributed by atoms with van der Waals surface area (Å²) in [4.78, 5) is 0. The Kier molecular flexibility index (Phi) is 5.10. The SMILES string of the molecule is CNCCC=Cc1cc(C#N)ccc1OC. The van der Waals surface area contributed by atoms with Crippen molar-refractivity contribution in [3.63, 3.8) is 0 Å². The summed E-state index contributed by atoms with van der Waals surface area (Å²) in [7, 11) is 3.55. The summed E-state index contributed by atoms with van der Waals surface area (Å²) in [5, 5.41) is 11.9. The molecule has 16 heavy (non-hydrogen) atoms. The van der Waals surface area contributed by atoms with Crippen molar-refractivity contribution in [2.24, 2.45) is 0 Å². The molecule has 0 spiro atoms. The van der Waals surface area contributed by atoms with E-state index in [1.807, 2.05) is 25.3 Å². The van der Waals surface area contributed by atoms with E-state index in [0.29, 0.717) is 5.56 Å². The molecule has 0 radical (unpaired) electrons. The van der Waals surface area contributed by atoms with Gasteiger partial charge in [0.1, 0.15) is 5.75 Å². The molecule has 0 aromatic heterocycles. The van der Waals surface area contributed by atoms with Gasteiger partial charge in [-0.15, -0.1) is 0 Å². The highest BCUT2D eigenvalue weighted by Gasteiger charge is 2.00. The van der Waals surface area contributed by atoms with Gasteiger partial charge in [0.25, 0.3) is 0 Å². The first-order chi connectivity index (χ1) is 7.81. The van der Waals surface area contributed by atoms with Crippen molar-refractivity contribution in [3.8, 4) is 11.8 Å². The van der Waals surface area contributed by atoms with Gasteiger partial charge in [0.05, 0.1) is 18.7 Å². The van der Waals surface area contributed by atoms with Crippen molar-refractivity contribution in [2.45, 2.75) is 6.42 Å². The zero-order chi connectivity index (χ0) is 11.8. The minimum atomic E-state index is 0.647. The van der Waals surface area contributed by atoms with E-state index in [2.05, 4.69) is 17.5 Å². The van der Waals surface area contributed by atoms with Crippen LogP contribution in [0.4, 0.5) is 0 Å². The molecule has 1 N–H and O–H groups in total. The molecule has 0 amide bonds. The highest BCUT2D eigenvalue weighted by Crippen LogP contribution is 2.21. The third kappa shape index (κ3) is 3.41. The van der Waals surface area contributed by atoms with E-state index in [-0.39, 0.29) is 0 Å². The lowest BCUT2D eigenvalue weighted by molar-refractivity contribution is 0.414. The summed E-state index contributed by atoms with van der Waals surface area (Å²) in [6.45, 7) is 0.941. The molecule has 3 nitrogen and oxygen atoms in total. The van der Waals surface area contributed by atoms with E-state index in [4.69, 9.17) is 10.00 Å². The summed E-state index contributed by atoms with van der Waals surface area (Å²) in [5.41, 5.74) is 1.59. The van der Waals surface area contributed by atoms with Crippen LogP contribution < -0.4 is 10.1 Å². The molecule has 0 aliphatic heterocycles. The molecule has 0 saturated carbocycles. The van der Waals surface area contributed by atoms with E-state index >= 15 is 0 Å². The third-order valence-corrected chi connectivity index (χ3v) is 2.22. The van der Waals surface area contributed by atoms with Crippen LogP contribution in [-0.2, 0) is 0 Å². The lowest BCUT2D eigenvalue weighted by Crippen LogP contribution is -2.05. The average molecular weight is 216 g/mol. The van der Waals surface area contributed by atoms with E-state index in [1.165, 1.54) is 0 Å². The number of hydrogen-bond donors (Lipinski definition) is 1. The Hall–Kier alpha value is -1.79. The van der Waals surface area contributed by atoms with Gasteiger partial charge in [-0.1, -0.05) is 12.2 Å². The molecule has 0 atom stereocenters. The number of methoxy groups -OCH3 is 1. The highest BCUT2D eigenvalue weighted by atomic mass is 16.5. The van der Waals surface area contributed by atoms with E-state index in [1.54, 1.807) is 13.2 Å². The number of nitriles is 1. The highest BCUT2D eigenvalue weighted by molar-refractivity contribution is 5.59. The monoisotopic (exact) mass is 216 g/mol. The standard InChI is InChI=1S/C13H16N2O/c1-15-8-4-3-5-12-9-11(10-14)6-7-13(12)16-2/h3,5-7,9,15H,4,8H2,1-2H3. The molecule has 1 aromatic carbocycles. The summed E-state index contributed by atoms with van der Waals surface area (Å²) < 4.78 is 5.23. The van der Waals surface area contributed by atoms with Gasteiger partial charge >= 0.3 is 0 Å². The van der Waals surface area contributed by atoms with Crippen LogP contribution >= 0.6 is 0 Å². The van der Waals surface area contributed by atoms with Crippen LogP contribution in [0.25, 0.3) is 6.08 Å². The third-order valence-electron chi connectivity index (χ3n) is 2.22. The zero-order valence-electron chi connectivity index (χ0n) is 9.66. The maximum atomic E-state index is 8.81. The minimum Gasteiger partial charge on any atom is -0.496 e. The molecule has 1 aromatic rings. The van der Waals surface area contributed by atoms with E-state index < -0.39 is 0 Å². The maximum absolute atomic E-state index is 8.81. The fourth-order valence-corrected chi connectivity index (χ4v) is 1.37. The molecule has 0 heterocycles. The number of rotatable bonds is 5. The Bertz CT molecular complexity index is 405. The Labute approximate surface area is 96.4 Å². The Morgan fingerprint density at radius 1 is 1.50 bits per heavy atom. The summed E-state index contributed by atoms with van der Waals surface area (Å²) in [6, 6.07) is 7.52. The van der Waals surface area contributed by atoms with Crippen molar-refractivity contribution in [1.82, 2.24) is 5.32 Å². The second kappa shape index (κ2) is 6.65. The molecule has 1 rings (SSSR count). The zero-order valence-corrected chi connectivity index (χ0v) is 9.66. The van der Waals surface area contributed by atoms with Crippen molar-refractivity contribution < 1.29 is 4.74 Å². The van der Waals surface area contributed by atoms with Crippen LogP contribution in [0.3, 0.4) is 0 Å². The molecular formula is C13H16N2O. The van der Waals surface area contributed by atoms with Gasteiger partial charge in [0.2, 0.25) is 0 Å². The normalized spacial score (nSPS) is 10.3. The van der Waals surface area contributed by atoms with Crippen LogP contribution in [0.1, 0.15) is 17.5 Å². The molecule has 84 valence electrons. The number of hydrogen-bond acceptors (Lipinski definition) is 3. The van der Waals surface area contributed by atoms with Gasteiger partial charge in [-0.2, -0.15) is 5.26 Å². The Morgan fingerprint density at radius 3 is 2.94 bits per heavy atom.